The van der Waals surface area contributed by atoms with Crippen molar-refractivity contribution in [1.29, 1.82) is 0 Å². The quantitative estimate of drug-likeness (QED) is 0.442. The number of aryl methyl sites for hydroxylation is 3. The summed E-state index contributed by atoms with van der Waals surface area (Å²) in [4.78, 5) is 16.3. The summed E-state index contributed by atoms with van der Waals surface area (Å²) in [5, 5.41) is 8.27. The zero-order valence-corrected chi connectivity index (χ0v) is 22.0. The second kappa shape index (κ2) is 10.3. The standard InChI is InChI=1S/C22H22Cl2FN5O3S2/c1-12-21(34-13(2)28-12)35(32,33)29-22(31)26-10-19(25)17-5-3-4-14-9-27-30(20(14)17)11-15-6-7-16(23)8-18(15)24/h6-9H,3-5,10-11H2,1-2H3,(H2,26,29,31). The first-order valence-corrected chi connectivity index (χ1v) is 13.7. The Kier molecular flexibility index (Phi) is 7.51. The predicted octanol–water partition coefficient (Wildman–Crippen LogP) is 5.02. The van der Waals surface area contributed by atoms with E-state index in [9.17, 15) is 13.2 Å². The Morgan fingerprint density at radius 1 is 1.26 bits per heavy atom. The predicted molar refractivity (Wildman–Crippen MR) is 134 cm³/mol. The van der Waals surface area contributed by atoms with E-state index >= 15 is 4.39 Å². The van der Waals surface area contributed by atoms with E-state index < -0.39 is 28.4 Å². The van der Waals surface area contributed by atoms with Crippen LogP contribution in [-0.4, -0.2) is 35.8 Å². The van der Waals surface area contributed by atoms with Crippen molar-refractivity contribution in [1.82, 2.24) is 24.8 Å². The summed E-state index contributed by atoms with van der Waals surface area (Å²) in [7, 11) is -4.11. The number of sulfonamides is 1. The molecule has 1 aliphatic carbocycles. The Hall–Kier alpha value is -2.47. The summed E-state index contributed by atoms with van der Waals surface area (Å²) in [6, 6.07) is 4.13. The van der Waals surface area contributed by atoms with E-state index in [-0.39, 0.29) is 4.21 Å². The third-order valence-corrected chi connectivity index (χ3v) is 9.07. The molecule has 8 nitrogen and oxygen atoms in total. The number of rotatable bonds is 6. The van der Waals surface area contributed by atoms with Crippen molar-refractivity contribution in [3.8, 4) is 0 Å². The minimum absolute atomic E-state index is 0.0503. The molecule has 2 N–H and O–H groups in total. The SMILES string of the molecule is Cc1nc(C)c(S(=O)(=O)NC(=O)NCC(F)=C2CCCc3cnn(Cc4ccc(Cl)cc4Cl)c32)s1. The highest BCUT2D eigenvalue weighted by Gasteiger charge is 2.26. The monoisotopic (exact) mass is 557 g/mol. The number of amides is 2. The highest BCUT2D eigenvalue weighted by atomic mass is 35.5. The van der Waals surface area contributed by atoms with Gasteiger partial charge in [-0.15, -0.1) is 11.3 Å². The van der Waals surface area contributed by atoms with Crippen molar-refractivity contribution in [3.63, 3.8) is 0 Å². The third-order valence-electron chi connectivity index (χ3n) is 5.47. The summed E-state index contributed by atoms with van der Waals surface area (Å²) < 4.78 is 43.8. The topological polar surface area (TPSA) is 106 Å². The van der Waals surface area contributed by atoms with E-state index in [2.05, 4.69) is 15.4 Å². The Bertz CT molecular complexity index is 1430. The summed E-state index contributed by atoms with van der Waals surface area (Å²) in [5.41, 5.74) is 3.04. The lowest BCUT2D eigenvalue weighted by Gasteiger charge is -2.19. The van der Waals surface area contributed by atoms with Crippen molar-refractivity contribution in [2.75, 3.05) is 6.54 Å². The van der Waals surface area contributed by atoms with Gasteiger partial charge in [-0.05, 0) is 56.4 Å². The average Bonchev–Trinajstić information content (AvgIpc) is 3.36. The van der Waals surface area contributed by atoms with Crippen LogP contribution >= 0.6 is 34.5 Å². The van der Waals surface area contributed by atoms with Crippen LogP contribution in [0.1, 0.15) is 40.4 Å². The number of thiazole rings is 1. The van der Waals surface area contributed by atoms with Crippen LogP contribution in [0.4, 0.5) is 9.18 Å². The fraction of sp³-hybridized carbons (Fsp3) is 0.318. The van der Waals surface area contributed by atoms with E-state index in [1.54, 1.807) is 42.9 Å². The molecule has 0 spiro atoms. The van der Waals surface area contributed by atoms with Crippen LogP contribution in [0, 0.1) is 13.8 Å². The second-order valence-electron chi connectivity index (χ2n) is 8.04. The Balaban J connectivity index is 1.50. The molecule has 0 radical (unpaired) electrons. The maximum absolute atomic E-state index is 15.3. The molecule has 2 heterocycles. The van der Waals surface area contributed by atoms with Crippen molar-refractivity contribution in [2.24, 2.45) is 0 Å². The highest BCUT2D eigenvalue weighted by Crippen LogP contribution is 2.34. The zero-order chi connectivity index (χ0) is 25.3. The van der Waals surface area contributed by atoms with Gasteiger partial charge in [0.1, 0.15) is 5.83 Å². The summed E-state index contributed by atoms with van der Waals surface area (Å²) >= 11 is 13.2. The first kappa shape index (κ1) is 25.6. The number of fused-ring (bicyclic) bond motifs is 1. The normalized spacial score (nSPS) is 15.0. The zero-order valence-electron chi connectivity index (χ0n) is 18.9. The summed E-state index contributed by atoms with van der Waals surface area (Å²) in [5.74, 6) is -0.563. The number of nitrogens with one attached hydrogen (secondary N) is 2. The highest BCUT2D eigenvalue weighted by molar-refractivity contribution is 7.92. The summed E-state index contributed by atoms with van der Waals surface area (Å²) in [6.45, 7) is 3.06. The van der Waals surface area contributed by atoms with E-state index in [1.165, 1.54) is 0 Å². The smallest absolute Gasteiger partial charge is 0.329 e. The Labute approximate surface area is 216 Å². The van der Waals surface area contributed by atoms with Crippen molar-refractivity contribution >= 4 is 56.2 Å². The molecule has 1 aromatic carbocycles. The first-order valence-electron chi connectivity index (χ1n) is 10.7. The van der Waals surface area contributed by atoms with Crippen LogP contribution in [0.2, 0.25) is 10.0 Å². The van der Waals surface area contributed by atoms with Gasteiger partial charge in [-0.3, -0.25) is 4.68 Å². The van der Waals surface area contributed by atoms with Crippen molar-refractivity contribution < 1.29 is 17.6 Å². The molecule has 13 heteroatoms. The number of allylic oxidation sites excluding steroid dienone is 1. The van der Waals surface area contributed by atoms with Gasteiger partial charge in [0.05, 0.1) is 35.7 Å². The minimum Gasteiger partial charge on any atom is -0.331 e. The maximum atomic E-state index is 15.3. The van der Waals surface area contributed by atoms with Gasteiger partial charge in [0.2, 0.25) is 0 Å². The molecular weight excluding hydrogens is 536 g/mol. The maximum Gasteiger partial charge on any atom is 0.329 e. The number of carbonyl (C=O) groups is 1. The lowest BCUT2D eigenvalue weighted by molar-refractivity contribution is 0.246. The lowest BCUT2D eigenvalue weighted by Crippen LogP contribution is -2.40. The molecule has 0 saturated carbocycles. The van der Waals surface area contributed by atoms with Gasteiger partial charge in [0, 0.05) is 15.6 Å². The molecule has 2 amide bonds. The largest absolute Gasteiger partial charge is 0.331 e. The van der Waals surface area contributed by atoms with Gasteiger partial charge in [-0.2, -0.15) is 5.10 Å². The molecule has 0 fully saturated rings. The molecule has 1 aliphatic rings. The number of hydrogen-bond acceptors (Lipinski definition) is 6. The Morgan fingerprint density at radius 3 is 2.71 bits per heavy atom. The van der Waals surface area contributed by atoms with Gasteiger partial charge in [0.15, 0.2) is 4.21 Å². The number of aromatic nitrogens is 3. The van der Waals surface area contributed by atoms with Gasteiger partial charge >= 0.3 is 6.03 Å². The van der Waals surface area contributed by atoms with Gasteiger partial charge in [-0.1, -0.05) is 29.3 Å². The minimum atomic E-state index is -4.11. The molecular formula is C22H22Cl2FN5O3S2. The fourth-order valence-corrected chi connectivity index (χ4v) is 6.84. The molecule has 4 rings (SSSR count). The number of nitrogens with zero attached hydrogens (tertiary/aromatic N) is 3. The van der Waals surface area contributed by atoms with E-state index in [1.807, 2.05) is 4.72 Å². The van der Waals surface area contributed by atoms with E-state index in [0.29, 0.717) is 45.0 Å². The number of urea groups is 1. The molecule has 0 unspecified atom stereocenters. The average molecular weight is 558 g/mol. The van der Waals surface area contributed by atoms with Crippen LogP contribution in [0.5, 0.6) is 0 Å². The van der Waals surface area contributed by atoms with E-state index in [4.69, 9.17) is 23.2 Å². The molecule has 2 aromatic heterocycles. The lowest BCUT2D eigenvalue weighted by atomic mass is 9.92. The summed E-state index contributed by atoms with van der Waals surface area (Å²) in [6.07, 6.45) is 3.64. The van der Waals surface area contributed by atoms with Crippen LogP contribution in [0.3, 0.4) is 0 Å². The molecule has 0 bridgehead atoms. The van der Waals surface area contributed by atoms with E-state index in [0.717, 1.165) is 35.3 Å². The molecule has 0 saturated heterocycles. The number of halogens is 3. The van der Waals surface area contributed by atoms with Gasteiger partial charge in [-0.25, -0.2) is 27.3 Å². The first-order chi connectivity index (χ1) is 16.5. The second-order valence-corrected chi connectivity index (χ2v) is 12.0. The molecule has 0 aliphatic heterocycles. The Morgan fingerprint density at radius 2 is 2.03 bits per heavy atom. The van der Waals surface area contributed by atoms with Crippen LogP contribution in [-0.2, 0) is 23.0 Å². The molecule has 186 valence electrons. The van der Waals surface area contributed by atoms with Crippen molar-refractivity contribution in [2.45, 2.75) is 43.9 Å². The third kappa shape index (κ3) is 5.69. The molecule has 35 heavy (non-hydrogen) atoms. The number of carbonyl (C=O) groups excluding carboxylic acids is 1. The van der Waals surface area contributed by atoms with Crippen LogP contribution < -0.4 is 10.0 Å². The van der Waals surface area contributed by atoms with Crippen LogP contribution in [0.15, 0.2) is 34.4 Å². The molecule has 0 atom stereocenters. The van der Waals surface area contributed by atoms with Gasteiger partial charge < -0.3 is 5.32 Å². The number of benzene rings is 1. The fourth-order valence-electron chi connectivity index (χ4n) is 3.96. The van der Waals surface area contributed by atoms with Crippen LogP contribution in [0.25, 0.3) is 5.57 Å². The molecule has 3 aromatic rings. The van der Waals surface area contributed by atoms with Gasteiger partial charge in [0.25, 0.3) is 10.0 Å². The number of hydrogen-bond donors (Lipinski definition) is 2. The van der Waals surface area contributed by atoms with Crippen molar-refractivity contribution in [3.05, 3.63) is 67.8 Å².